The number of hydrazine groups is 1. The molecule has 0 heterocycles. The van der Waals surface area contributed by atoms with Crippen LogP contribution in [0.25, 0.3) is 0 Å². The molecule has 0 atom stereocenters. The molecule has 0 aliphatic carbocycles. The molecule has 0 radical (unpaired) electrons. The fourth-order valence-corrected chi connectivity index (χ4v) is 1.78. The SMILES string of the molecule is C=C(CC(=O)Nc1ccc(F)cc1)NNC(=O)c1ccccc1. The Morgan fingerprint density at radius 3 is 2.26 bits per heavy atom. The van der Waals surface area contributed by atoms with Crippen molar-refractivity contribution in [2.75, 3.05) is 5.32 Å². The van der Waals surface area contributed by atoms with Gasteiger partial charge in [0.15, 0.2) is 0 Å². The predicted molar refractivity (Wildman–Crippen MR) is 85.8 cm³/mol. The summed E-state index contributed by atoms with van der Waals surface area (Å²) in [5.74, 6) is -1.04. The summed E-state index contributed by atoms with van der Waals surface area (Å²) in [7, 11) is 0. The van der Waals surface area contributed by atoms with Crippen molar-refractivity contribution < 1.29 is 14.0 Å². The van der Waals surface area contributed by atoms with Crippen molar-refractivity contribution in [3.05, 3.63) is 78.3 Å². The van der Waals surface area contributed by atoms with Crippen LogP contribution >= 0.6 is 0 Å². The fraction of sp³-hybridized carbons (Fsp3) is 0.0588. The van der Waals surface area contributed by atoms with E-state index in [1.165, 1.54) is 24.3 Å². The molecule has 0 saturated heterocycles. The average Bonchev–Trinajstić information content (AvgIpc) is 2.55. The zero-order valence-corrected chi connectivity index (χ0v) is 12.3. The summed E-state index contributed by atoms with van der Waals surface area (Å²) >= 11 is 0. The molecule has 0 spiro atoms. The van der Waals surface area contributed by atoms with Crippen LogP contribution in [-0.2, 0) is 4.79 Å². The minimum Gasteiger partial charge on any atom is -0.326 e. The normalized spacial score (nSPS) is 9.78. The minimum absolute atomic E-state index is 0.0353. The average molecular weight is 313 g/mol. The Bertz CT molecular complexity index is 700. The maximum Gasteiger partial charge on any atom is 0.269 e. The summed E-state index contributed by atoms with van der Waals surface area (Å²) in [6.45, 7) is 3.67. The van der Waals surface area contributed by atoms with E-state index in [1.54, 1.807) is 24.3 Å². The van der Waals surface area contributed by atoms with Gasteiger partial charge in [0, 0.05) is 16.9 Å². The van der Waals surface area contributed by atoms with Crippen LogP contribution in [0.15, 0.2) is 66.9 Å². The molecule has 2 aromatic rings. The van der Waals surface area contributed by atoms with Crippen molar-refractivity contribution in [2.45, 2.75) is 6.42 Å². The molecule has 6 heteroatoms. The van der Waals surface area contributed by atoms with E-state index in [0.717, 1.165) is 0 Å². The molecule has 2 rings (SSSR count). The molecule has 2 amide bonds. The first-order valence-electron chi connectivity index (χ1n) is 6.89. The van der Waals surface area contributed by atoms with Crippen LogP contribution in [0.2, 0.25) is 0 Å². The fourth-order valence-electron chi connectivity index (χ4n) is 1.78. The molecule has 2 aromatic carbocycles. The highest BCUT2D eigenvalue weighted by Crippen LogP contribution is 2.09. The van der Waals surface area contributed by atoms with Crippen LogP contribution < -0.4 is 16.2 Å². The molecule has 0 aliphatic rings. The van der Waals surface area contributed by atoms with Crippen LogP contribution in [0.4, 0.5) is 10.1 Å². The quantitative estimate of drug-likeness (QED) is 0.718. The summed E-state index contributed by atoms with van der Waals surface area (Å²) in [4.78, 5) is 23.6. The van der Waals surface area contributed by atoms with Crippen molar-refractivity contribution >= 4 is 17.5 Å². The number of carbonyl (C=O) groups excluding carboxylic acids is 2. The molecule has 0 unspecified atom stereocenters. The van der Waals surface area contributed by atoms with Gasteiger partial charge in [-0.05, 0) is 36.4 Å². The summed E-state index contributed by atoms with van der Waals surface area (Å²) < 4.78 is 12.8. The van der Waals surface area contributed by atoms with Crippen LogP contribution in [0, 0.1) is 5.82 Å². The topological polar surface area (TPSA) is 70.2 Å². The molecule has 0 saturated carbocycles. The van der Waals surface area contributed by atoms with Crippen molar-refractivity contribution in [2.24, 2.45) is 0 Å². The van der Waals surface area contributed by atoms with Crippen LogP contribution in [0.5, 0.6) is 0 Å². The maximum absolute atomic E-state index is 12.8. The van der Waals surface area contributed by atoms with Crippen molar-refractivity contribution in [3.8, 4) is 0 Å². The second-order valence-electron chi connectivity index (χ2n) is 4.78. The molecular weight excluding hydrogens is 297 g/mol. The molecule has 118 valence electrons. The Kier molecular flexibility index (Phi) is 5.46. The number of halogens is 1. The number of hydrogen-bond donors (Lipinski definition) is 3. The van der Waals surface area contributed by atoms with E-state index in [1.807, 2.05) is 6.07 Å². The molecule has 0 aromatic heterocycles. The second-order valence-corrected chi connectivity index (χ2v) is 4.78. The van der Waals surface area contributed by atoms with Crippen molar-refractivity contribution in [1.82, 2.24) is 10.9 Å². The Morgan fingerprint density at radius 1 is 0.957 bits per heavy atom. The van der Waals surface area contributed by atoms with Gasteiger partial charge in [-0.25, -0.2) is 4.39 Å². The van der Waals surface area contributed by atoms with Crippen LogP contribution in [0.3, 0.4) is 0 Å². The molecule has 5 nitrogen and oxygen atoms in total. The lowest BCUT2D eigenvalue weighted by molar-refractivity contribution is -0.115. The third-order valence-corrected chi connectivity index (χ3v) is 2.89. The lowest BCUT2D eigenvalue weighted by Gasteiger charge is -2.11. The number of anilines is 1. The molecule has 23 heavy (non-hydrogen) atoms. The van der Waals surface area contributed by atoms with Crippen LogP contribution in [-0.4, -0.2) is 11.8 Å². The number of carbonyl (C=O) groups is 2. The summed E-state index contributed by atoms with van der Waals surface area (Å²) in [6, 6.07) is 14.1. The Morgan fingerprint density at radius 2 is 1.61 bits per heavy atom. The minimum atomic E-state index is -0.377. The van der Waals surface area contributed by atoms with Gasteiger partial charge < -0.3 is 10.7 Å². The van der Waals surface area contributed by atoms with Gasteiger partial charge in [0.05, 0.1) is 6.42 Å². The molecule has 0 fully saturated rings. The lowest BCUT2D eigenvalue weighted by Crippen LogP contribution is -2.37. The van der Waals surface area contributed by atoms with Gasteiger partial charge in [0.25, 0.3) is 5.91 Å². The Hall–Kier alpha value is -3.15. The first-order valence-corrected chi connectivity index (χ1v) is 6.89. The third-order valence-electron chi connectivity index (χ3n) is 2.89. The van der Waals surface area contributed by atoms with Gasteiger partial charge in [-0.15, -0.1) is 0 Å². The van der Waals surface area contributed by atoms with E-state index in [9.17, 15) is 14.0 Å². The number of hydrogen-bond acceptors (Lipinski definition) is 3. The highest BCUT2D eigenvalue weighted by molar-refractivity contribution is 5.94. The smallest absolute Gasteiger partial charge is 0.269 e. The van der Waals surface area contributed by atoms with Gasteiger partial charge in [-0.3, -0.25) is 15.0 Å². The van der Waals surface area contributed by atoms with Gasteiger partial charge in [-0.1, -0.05) is 24.8 Å². The van der Waals surface area contributed by atoms with Crippen molar-refractivity contribution in [3.63, 3.8) is 0 Å². The first-order chi connectivity index (χ1) is 11.0. The van der Waals surface area contributed by atoms with E-state index in [-0.39, 0.29) is 24.1 Å². The zero-order valence-electron chi connectivity index (χ0n) is 12.3. The summed E-state index contributed by atoms with van der Waals surface area (Å²) in [6.07, 6.45) is -0.0353. The number of amides is 2. The van der Waals surface area contributed by atoms with Gasteiger partial charge in [-0.2, -0.15) is 0 Å². The monoisotopic (exact) mass is 313 g/mol. The molecule has 0 bridgehead atoms. The summed E-state index contributed by atoms with van der Waals surface area (Å²) in [5, 5.41) is 2.60. The number of nitrogens with one attached hydrogen (secondary N) is 3. The molecule has 3 N–H and O–H groups in total. The Labute approximate surface area is 133 Å². The predicted octanol–water partition coefficient (Wildman–Crippen LogP) is 2.60. The molecule has 0 aliphatic heterocycles. The van der Waals surface area contributed by atoms with E-state index in [4.69, 9.17) is 0 Å². The summed E-state index contributed by atoms with van der Waals surface area (Å²) in [5.41, 5.74) is 6.35. The highest BCUT2D eigenvalue weighted by Gasteiger charge is 2.07. The highest BCUT2D eigenvalue weighted by atomic mass is 19.1. The maximum atomic E-state index is 12.8. The Balaban J connectivity index is 1.77. The van der Waals surface area contributed by atoms with Gasteiger partial charge in [0.2, 0.25) is 5.91 Å². The van der Waals surface area contributed by atoms with E-state index >= 15 is 0 Å². The third kappa shape index (κ3) is 5.28. The molecular formula is C17H16FN3O2. The van der Waals surface area contributed by atoms with Gasteiger partial charge in [0.1, 0.15) is 5.82 Å². The van der Waals surface area contributed by atoms with E-state index < -0.39 is 0 Å². The lowest BCUT2D eigenvalue weighted by atomic mass is 10.2. The van der Waals surface area contributed by atoms with Gasteiger partial charge >= 0.3 is 0 Å². The zero-order chi connectivity index (χ0) is 16.7. The van der Waals surface area contributed by atoms with Crippen molar-refractivity contribution in [1.29, 1.82) is 0 Å². The number of benzene rings is 2. The standard InChI is InChI=1S/C17H16FN3O2/c1-12(20-21-17(23)13-5-3-2-4-6-13)11-16(22)19-15-9-7-14(18)8-10-15/h2-10,20H,1,11H2,(H,19,22)(H,21,23). The van der Waals surface area contributed by atoms with E-state index in [2.05, 4.69) is 22.7 Å². The van der Waals surface area contributed by atoms with E-state index in [0.29, 0.717) is 16.9 Å². The first kappa shape index (κ1) is 16.2. The number of rotatable bonds is 6. The van der Waals surface area contributed by atoms with Crippen LogP contribution in [0.1, 0.15) is 16.8 Å². The largest absolute Gasteiger partial charge is 0.326 e. The second kappa shape index (κ2) is 7.74.